The minimum atomic E-state index is -1.23. The third kappa shape index (κ3) is 3.78. The molecule has 0 aliphatic rings. The molecule has 0 aromatic heterocycles. The largest absolute Gasteiger partial charge is 0.480 e. The summed E-state index contributed by atoms with van der Waals surface area (Å²) >= 11 is 0. The summed E-state index contributed by atoms with van der Waals surface area (Å²) in [5.41, 5.74) is 0.607. The second-order valence-electron chi connectivity index (χ2n) is 3.92. The van der Waals surface area contributed by atoms with Gasteiger partial charge in [-0.2, -0.15) is 0 Å². The number of carboxylic acid groups (broad SMARTS) is 3. The van der Waals surface area contributed by atoms with Crippen LogP contribution in [0, 0.1) is 6.92 Å². The highest BCUT2D eigenvalue weighted by Gasteiger charge is 2.15. The van der Waals surface area contributed by atoms with E-state index >= 15 is 0 Å². The molecule has 4 N–H and O–H groups in total. The number of rotatable bonds is 6. The van der Waals surface area contributed by atoms with Gasteiger partial charge in [-0.05, 0) is 30.2 Å². The third-order valence-corrected chi connectivity index (χ3v) is 2.58. The predicted molar refractivity (Wildman–Crippen MR) is 64.4 cm³/mol. The van der Waals surface area contributed by atoms with Crippen molar-refractivity contribution in [3.63, 3.8) is 0 Å². The van der Waals surface area contributed by atoms with Crippen LogP contribution in [0.5, 0.6) is 0 Å². The fraction of sp³-hybridized carbons (Fsp3) is 0.250. The molecule has 0 radical (unpaired) electrons. The Bertz CT molecular complexity index is 537. The number of hydrogen-bond donors (Lipinski definition) is 4. The normalized spacial score (nSPS) is 10.2. The van der Waals surface area contributed by atoms with Crippen molar-refractivity contribution in [2.45, 2.75) is 13.5 Å². The summed E-state index contributed by atoms with van der Waals surface area (Å²) in [6, 6.07) is 2.42. The Morgan fingerprint density at radius 2 is 1.74 bits per heavy atom. The fourth-order valence-electron chi connectivity index (χ4n) is 1.61. The highest BCUT2D eigenvalue weighted by atomic mass is 16.4. The lowest BCUT2D eigenvalue weighted by Gasteiger charge is -2.11. The standard InChI is InChI=1S/C12H13NO6/c1-6-8(4-13-5-10(14)15)2-7(11(16)17)3-9(6)12(18)19/h2-3,13H,4-5H2,1H3,(H,14,15)(H,16,17)(H,18,19). The molecule has 102 valence electrons. The molecular weight excluding hydrogens is 254 g/mol. The first kappa shape index (κ1) is 14.7. The quantitative estimate of drug-likeness (QED) is 0.593. The Labute approximate surface area is 108 Å². The molecule has 0 spiro atoms. The van der Waals surface area contributed by atoms with Gasteiger partial charge in [-0.25, -0.2) is 9.59 Å². The van der Waals surface area contributed by atoms with Crippen molar-refractivity contribution in [3.05, 3.63) is 34.4 Å². The minimum Gasteiger partial charge on any atom is -0.480 e. The van der Waals surface area contributed by atoms with Gasteiger partial charge in [-0.15, -0.1) is 0 Å². The van der Waals surface area contributed by atoms with Gasteiger partial charge in [0.05, 0.1) is 17.7 Å². The Morgan fingerprint density at radius 3 is 2.21 bits per heavy atom. The predicted octanol–water partition coefficient (Wildman–Crippen LogP) is 0.566. The van der Waals surface area contributed by atoms with Crippen LogP contribution >= 0.6 is 0 Å². The summed E-state index contributed by atoms with van der Waals surface area (Å²) < 4.78 is 0. The summed E-state index contributed by atoms with van der Waals surface area (Å²) in [6.07, 6.45) is 0. The van der Waals surface area contributed by atoms with Gasteiger partial charge >= 0.3 is 17.9 Å². The molecule has 0 amide bonds. The van der Waals surface area contributed by atoms with Crippen molar-refractivity contribution in [3.8, 4) is 0 Å². The molecule has 0 saturated carbocycles. The van der Waals surface area contributed by atoms with Crippen LogP contribution in [0.25, 0.3) is 0 Å². The Morgan fingerprint density at radius 1 is 1.11 bits per heavy atom. The summed E-state index contributed by atoms with van der Waals surface area (Å²) in [5.74, 6) is -3.51. The van der Waals surface area contributed by atoms with Crippen LogP contribution in [-0.2, 0) is 11.3 Å². The van der Waals surface area contributed by atoms with E-state index in [1.54, 1.807) is 6.92 Å². The molecule has 7 nitrogen and oxygen atoms in total. The van der Waals surface area contributed by atoms with Crippen LogP contribution in [0.3, 0.4) is 0 Å². The first-order valence-corrected chi connectivity index (χ1v) is 5.35. The molecule has 0 atom stereocenters. The van der Waals surface area contributed by atoms with E-state index in [1.165, 1.54) is 6.07 Å². The zero-order valence-electron chi connectivity index (χ0n) is 10.1. The second kappa shape index (κ2) is 5.96. The Balaban J connectivity index is 3.11. The summed E-state index contributed by atoms with van der Waals surface area (Å²) in [4.78, 5) is 32.3. The van der Waals surface area contributed by atoms with Crippen molar-refractivity contribution >= 4 is 17.9 Å². The minimum absolute atomic E-state index is 0.0829. The number of nitrogens with one attached hydrogen (secondary N) is 1. The maximum Gasteiger partial charge on any atom is 0.335 e. The van der Waals surface area contributed by atoms with Gasteiger partial charge in [0.2, 0.25) is 0 Å². The number of aromatic carboxylic acids is 2. The topological polar surface area (TPSA) is 124 Å². The zero-order valence-corrected chi connectivity index (χ0v) is 10.1. The van der Waals surface area contributed by atoms with Crippen LogP contribution in [0.15, 0.2) is 12.1 Å². The van der Waals surface area contributed by atoms with Gasteiger partial charge in [-0.3, -0.25) is 4.79 Å². The second-order valence-corrected chi connectivity index (χ2v) is 3.92. The van der Waals surface area contributed by atoms with Crippen molar-refractivity contribution in [1.29, 1.82) is 0 Å². The molecule has 7 heteroatoms. The maximum absolute atomic E-state index is 11.0. The Hall–Kier alpha value is -2.41. The molecule has 0 saturated heterocycles. The number of carboxylic acids is 3. The molecule has 0 aliphatic carbocycles. The molecule has 1 rings (SSSR count). The average molecular weight is 267 g/mol. The van der Waals surface area contributed by atoms with Gasteiger partial charge < -0.3 is 20.6 Å². The smallest absolute Gasteiger partial charge is 0.335 e. The lowest BCUT2D eigenvalue weighted by Crippen LogP contribution is -2.23. The van der Waals surface area contributed by atoms with Gasteiger partial charge in [-0.1, -0.05) is 0 Å². The van der Waals surface area contributed by atoms with E-state index in [-0.39, 0.29) is 24.2 Å². The average Bonchev–Trinajstić information content (AvgIpc) is 2.30. The van der Waals surface area contributed by atoms with Crippen molar-refractivity contribution in [2.75, 3.05) is 6.54 Å². The molecule has 0 aliphatic heterocycles. The van der Waals surface area contributed by atoms with Gasteiger partial charge in [0.1, 0.15) is 0 Å². The number of aliphatic carboxylic acids is 1. The SMILES string of the molecule is Cc1c(CNCC(=O)O)cc(C(=O)O)cc1C(=O)O. The molecule has 0 bridgehead atoms. The molecule has 1 aromatic carbocycles. The van der Waals surface area contributed by atoms with E-state index in [4.69, 9.17) is 15.3 Å². The van der Waals surface area contributed by atoms with E-state index in [2.05, 4.69) is 5.32 Å². The van der Waals surface area contributed by atoms with Crippen LogP contribution < -0.4 is 5.32 Å². The molecule has 0 fully saturated rings. The van der Waals surface area contributed by atoms with E-state index in [0.717, 1.165) is 6.07 Å². The van der Waals surface area contributed by atoms with Crippen LogP contribution in [-0.4, -0.2) is 39.8 Å². The van der Waals surface area contributed by atoms with Gasteiger partial charge in [0.25, 0.3) is 0 Å². The molecule has 0 unspecified atom stereocenters. The van der Waals surface area contributed by atoms with Gasteiger partial charge in [0.15, 0.2) is 0 Å². The number of hydrogen-bond acceptors (Lipinski definition) is 4. The lowest BCUT2D eigenvalue weighted by atomic mass is 9.98. The highest BCUT2D eigenvalue weighted by Crippen LogP contribution is 2.17. The highest BCUT2D eigenvalue weighted by molar-refractivity contribution is 5.95. The summed E-state index contributed by atoms with van der Waals surface area (Å²) in [6.45, 7) is 1.34. The van der Waals surface area contributed by atoms with E-state index in [0.29, 0.717) is 11.1 Å². The van der Waals surface area contributed by atoms with Crippen molar-refractivity contribution in [2.24, 2.45) is 0 Å². The third-order valence-electron chi connectivity index (χ3n) is 2.58. The maximum atomic E-state index is 11.0. The van der Waals surface area contributed by atoms with Crippen molar-refractivity contribution < 1.29 is 29.7 Å². The van der Waals surface area contributed by atoms with E-state index < -0.39 is 17.9 Å². The molecule has 19 heavy (non-hydrogen) atoms. The fourth-order valence-corrected chi connectivity index (χ4v) is 1.61. The Kier molecular flexibility index (Phi) is 4.60. The van der Waals surface area contributed by atoms with E-state index in [1.807, 2.05) is 0 Å². The summed E-state index contributed by atoms with van der Waals surface area (Å²) in [5, 5.41) is 29.0. The first-order chi connectivity index (χ1) is 8.82. The monoisotopic (exact) mass is 267 g/mol. The first-order valence-electron chi connectivity index (χ1n) is 5.35. The van der Waals surface area contributed by atoms with Crippen LogP contribution in [0.2, 0.25) is 0 Å². The summed E-state index contributed by atoms with van der Waals surface area (Å²) in [7, 11) is 0. The lowest BCUT2D eigenvalue weighted by molar-refractivity contribution is -0.136. The molecule has 0 heterocycles. The molecular formula is C12H13NO6. The van der Waals surface area contributed by atoms with Crippen LogP contribution in [0.1, 0.15) is 31.8 Å². The van der Waals surface area contributed by atoms with Gasteiger partial charge in [0, 0.05) is 6.54 Å². The zero-order chi connectivity index (χ0) is 14.6. The molecule has 1 aromatic rings. The number of carbonyl (C=O) groups is 3. The van der Waals surface area contributed by atoms with E-state index in [9.17, 15) is 14.4 Å². The van der Waals surface area contributed by atoms with Crippen molar-refractivity contribution in [1.82, 2.24) is 5.32 Å². The van der Waals surface area contributed by atoms with Crippen LogP contribution in [0.4, 0.5) is 0 Å². The number of benzene rings is 1.